The minimum absolute atomic E-state index is 0.169. The number of nitrogens with one attached hydrogen (secondary N) is 1. The van der Waals surface area contributed by atoms with E-state index in [0.717, 1.165) is 23.3 Å². The third kappa shape index (κ3) is 3.46. The van der Waals surface area contributed by atoms with E-state index in [0.29, 0.717) is 16.3 Å². The summed E-state index contributed by atoms with van der Waals surface area (Å²) in [5.41, 5.74) is 2.11. The average molecular weight is 304 g/mol. The molecule has 0 aliphatic heterocycles. The van der Waals surface area contributed by atoms with Crippen molar-refractivity contribution in [3.63, 3.8) is 0 Å². The van der Waals surface area contributed by atoms with Crippen LogP contribution < -0.4 is 5.32 Å². The zero-order chi connectivity index (χ0) is 15.4. The van der Waals surface area contributed by atoms with Crippen LogP contribution in [0.25, 0.3) is 0 Å². The van der Waals surface area contributed by atoms with E-state index in [4.69, 9.17) is 5.11 Å². The molecule has 0 saturated heterocycles. The summed E-state index contributed by atoms with van der Waals surface area (Å²) in [7, 11) is 0. The predicted octanol–water partition coefficient (Wildman–Crippen LogP) is 2.64. The maximum absolute atomic E-state index is 12.2. The topological polar surface area (TPSA) is 79.3 Å². The first-order chi connectivity index (χ1) is 10.0. The molecule has 6 heteroatoms. The summed E-state index contributed by atoms with van der Waals surface area (Å²) >= 11 is 1.09. The first-order valence-electron chi connectivity index (χ1n) is 6.58. The van der Waals surface area contributed by atoms with Crippen LogP contribution in [0, 0.1) is 6.92 Å². The van der Waals surface area contributed by atoms with Crippen LogP contribution in [0.3, 0.4) is 0 Å². The van der Waals surface area contributed by atoms with Gasteiger partial charge in [-0.05, 0) is 25.0 Å². The molecule has 0 aliphatic rings. The zero-order valence-electron chi connectivity index (χ0n) is 11.8. The lowest BCUT2D eigenvalue weighted by Crippen LogP contribution is -2.23. The Labute approximate surface area is 126 Å². The lowest BCUT2D eigenvalue weighted by molar-refractivity contribution is 0.0701. The van der Waals surface area contributed by atoms with Crippen LogP contribution in [0.15, 0.2) is 24.3 Å². The Balaban J connectivity index is 2.07. The van der Waals surface area contributed by atoms with E-state index in [1.807, 2.05) is 25.1 Å². The molecule has 0 atom stereocenters. The molecule has 1 heterocycles. The van der Waals surface area contributed by atoms with Crippen molar-refractivity contribution < 1.29 is 14.7 Å². The summed E-state index contributed by atoms with van der Waals surface area (Å²) in [5, 5.41) is 12.4. The molecule has 0 radical (unpaired) electrons. The van der Waals surface area contributed by atoms with Gasteiger partial charge < -0.3 is 10.4 Å². The number of nitrogens with zero attached hydrogens (tertiary/aromatic N) is 1. The first-order valence-corrected chi connectivity index (χ1v) is 7.40. The minimum Gasteiger partial charge on any atom is -0.477 e. The molecule has 5 nitrogen and oxygen atoms in total. The smallest absolute Gasteiger partial charge is 0.347 e. The number of carbonyl (C=O) groups is 2. The maximum Gasteiger partial charge on any atom is 0.347 e. The van der Waals surface area contributed by atoms with E-state index >= 15 is 0 Å². The number of benzene rings is 1. The minimum atomic E-state index is -0.987. The molecule has 0 aliphatic carbocycles. The molecule has 110 valence electrons. The number of amides is 1. The van der Waals surface area contributed by atoms with E-state index in [-0.39, 0.29) is 17.3 Å². The first kappa shape index (κ1) is 15.2. The number of hydrogen-bond acceptors (Lipinski definition) is 4. The predicted molar refractivity (Wildman–Crippen MR) is 80.8 cm³/mol. The van der Waals surface area contributed by atoms with Crippen LogP contribution in [-0.4, -0.2) is 22.0 Å². The number of aromatic nitrogens is 1. The molecule has 0 unspecified atom stereocenters. The fourth-order valence-corrected chi connectivity index (χ4v) is 2.87. The molecule has 0 bridgehead atoms. The van der Waals surface area contributed by atoms with E-state index in [1.54, 1.807) is 13.0 Å². The van der Waals surface area contributed by atoms with Crippen LogP contribution in [-0.2, 0) is 13.0 Å². The van der Waals surface area contributed by atoms with Gasteiger partial charge in [0.05, 0.1) is 12.2 Å². The fraction of sp³-hybridized carbons (Fsp3) is 0.267. The van der Waals surface area contributed by atoms with Gasteiger partial charge in [0.1, 0.15) is 9.88 Å². The number of carboxylic acids is 1. The molecule has 21 heavy (non-hydrogen) atoms. The molecule has 1 aromatic carbocycles. The highest BCUT2D eigenvalue weighted by atomic mass is 32.1. The van der Waals surface area contributed by atoms with Crippen molar-refractivity contribution in [3.05, 3.63) is 51.0 Å². The SMILES string of the molecule is CCc1ccccc1C(=O)NCc1nc(C)c(C(=O)O)s1. The van der Waals surface area contributed by atoms with Gasteiger partial charge in [-0.25, -0.2) is 9.78 Å². The Morgan fingerprint density at radius 1 is 1.33 bits per heavy atom. The number of hydrogen-bond donors (Lipinski definition) is 2. The van der Waals surface area contributed by atoms with Crippen molar-refractivity contribution in [3.8, 4) is 0 Å². The normalized spacial score (nSPS) is 10.4. The summed E-state index contributed by atoms with van der Waals surface area (Å²) < 4.78 is 0. The standard InChI is InChI=1S/C15H16N2O3S/c1-3-10-6-4-5-7-11(10)14(18)16-8-12-17-9(2)13(21-12)15(19)20/h4-7H,3,8H2,1-2H3,(H,16,18)(H,19,20). The summed E-state index contributed by atoms with van der Waals surface area (Å²) in [6, 6.07) is 7.43. The molecule has 0 spiro atoms. The van der Waals surface area contributed by atoms with Gasteiger partial charge >= 0.3 is 5.97 Å². The summed E-state index contributed by atoms with van der Waals surface area (Å²) in [4.78, 5) is 27.5. The number of carboxylic acid groups (broad SMARTS) is 1. The van der Waals surface area contributed by atoms with Crippen molar-refractivity contribution in [2.75, 3.05) is 0 Å². The third-order valence-electron chi connectivity index (χ3n) is 3.08. The van der Waals surface area contributed by atoms with Gasteiger partial charge in [0.15, 0.2) is 0 Å². The Morgan fingerprint density at radius 3 is 2.67 bits per heavy atom. The zero-order valence-corrected chi connectivity index (χ0v) is 12.7. The number of thiazole rings is 1. The van der Waals surface area contributed by atoms with Crippen LogP contribution in [0.2, 0.25) is 0 Å². The van der Waals surface area contributed by atoms with Crippen molar-refractivity contribution >= 4 is 23.2 Å². The summed E-state index contributed by atoms with van der Waals surface area (Å²) in [6.45, 7) is 3.88. The number of carbonyl (C=O) groups excluding carboxylic acids is 1. The van der Waals surface area contributed by atoms with Crippen molar-refractivity contribution in [2.24, 2.45) is 0 Å². The van der Waals surface area contributed by atoms with Gasteiger partial charge in [-0.1, -0.05) is 25.1 Å². The van der Waals surface area contributed by atoms with E-state index in [2.05, 4.69) is 10.3 Å². The molecule has 0 saturated carbocycles. The molecule has 0 fully saturated rings. The molecule has 2 N–H and O–H groups in total. The van der Waals surface area contributed by atoms with Crippen LogP contribution in [0.4, 0.5) is 0 Å². The van der Waals surface area contributed by atoms with Gasteiger partial charge in [-0.15, -0.1) is 11.3 Å². The quantitative estimate of drug-likeness (QED) is 0.890. The molecule has 1 amide bonds. The second kappa shape index (κ2) is 6.49. The number of aromatic carboxylic acids is 1. The number of aryl methyl sites for hydroxylation is 2. The second-order valence-electron chi connectivity index (χ2n) is 4.52. The third-order valence-corrected chi connectivity index (χ3v) is 4.22. The second-order valence-corrected chi connectivity index (χ2v) is 5.60. The van der Waals surface area contributed by atoms with Crippen LogP contribution in [0.1, 0.15) is 43.2 Å². The highest BCUT2D eigenvalue weighted by molar-refractivity contribution is 7.13. The Bertz CT molecular complexity index is 679. The average Bonchev–Trinajstić information content (AvgIpc) is 2.86. The Kier molecular flexibility index (Phi) is 4.70. The van der Waals surface area contributed by atoms with E-state index in [9.17, 15) is 9.59 Å². The maximum atomic E-state index is 12.2. The monoisotopic (exact) mass is 304 g/mol. The van der Waals surface area contributed by atoms with Gasteiger partial charge in [0.2, 0.25) is 0 Å². The van der Waals surface area contributed by atoms with Crippen molar-refractivity contribution in [1.29, 1.82) is 0 Å². The lowest BCUT2D eigenvalue weighted by atomic mass is 10.0. The van der Waals surface area contributed by atoms with Gasteiger partial charge in [0, 0.05) is 5.56 Å². The largest absolute Gasteiger partial charge is 0.477 e. The Morgan fingerprint density at radius 2 is 2.05 bits per heavy atom. The van der Waals surface area contributed by atoms with Gasteiger partial charge in [-0.3, -0.25) is 4.79 Å². The Hall–Kier alpha value is -2.21. The molecular weight excluding hydrogens is 288 g/mol. The highest BCUT2D eigenvalue weighted by Gasteiger charge is 2.15. The molecular formula is C15H16N2O3S. The molecule has 1 aromatic heterocycles. The van der Waals surface area contributed by atoms with E-state index < -0.39 is 5.97 Å². The fourth-order valence-electron chi connectivity index (χ4n) is 2.03. The van der Waals surface area contributed by atoms with Gasteiger partial charge in [-0.2, -0.15) is 0 Å². The lowest BCUT2D eigenvalue weighted by Gasteiger charge is -2.07. The van der Waals surface area contributed by atoms with Crippen molar-refractivity contribution in [1.82, 2.24) is 10.3 Å². The molecule has 2 aromatic rings. The van der Waals surface area contributed by atoms with Crippen LogP contribution >= 0.6 is 11.3 Å². The van der Waals surface area contributed by atoms with E-state index in [1.165, 1.54) is 0 Å². The van der Waals surface area contributed by atoms with Gasteiger partial charge in [0.25, 0.3) is 5.91 Å². The highest BCUT2D eigenvalue weighted by Crippen LogP contribution is 2.18. The summed E-state index contributed by atoms with van der Waals surface area (Å²) in [5.74, 6) is -1.16. The van der Waals surface area contributed by atoms with Crippen LogP contribution in [0.5, 0.6) is 0 Å². The summed E-state index contributed by atoms with van der Waals surface area (Å²) in [6.07, 6.45) is 0.781. The van der Waals surface area contributed by atoms with Crippen molar-refractivity contribution in [2.45, 2.75) is 26.8 Å². The molecule has 2 rings (SSSR count). The number of rotatable bonds is 5.